The Morgan fingerprint density at radius 3 is 2.31 bits per heavy atom. The lowest BCUT2D eigenvalue weighted by Gasteiger charge is -2.74. The van der Waals surface area contributed by atoms with Crippen molar-refractivity contribution in [1.82, 2.24) is 20.2 Å². The molecule has 0 saturated heterocycles. The summed E-state index contributed by atoms with van der Waals surface area (Å²) in [5, 5.41) is 26.5. The zero-order valence-electron chi connectivity index (χ0n) is 17.9. The number of tetrazole rings is 1. The first-order valence-corrected chi connectivity index (χ1v) is 11.9. The van der Waals surface area contributed by atoms with E-state index in [9.17, 15) is 22.3 Å². The van der Waals surface area contributed by atoms with Crippen molar-refractivity contribution in [2.75, 3.05) is 0 Å². The van der Waals surface area contributed by atoms with Gasteiger partial charge in [0.05, 0.1) is 6.54 Å². The lowest BCUT2D eigenvalue weighted by Crippen LogP contribution is -2.76. The van der Waals surface area contributed by atoms with Crippen LogP contribution in [-0.2, 0) is 27.9 Å². The zero-order valence-corrected chi connectivity index (χ0v) is 18.7. The summed E-state index contributed by atoms with van der Waals surface area (Å²) >= 11 is 0. The van der Waals surface area contributed by atoms with Crippen molar-refractivity contribution in [3.8, 4) is 5.75 Å². The molecule has 2 bridgehead atoms. The van der Waals surface area contributed by atoms with E-state index in [1.165, 1.54) is 12.1 Å². The largest absolute Gasteiger partial charge is 0.380 e. The van der Waals surface area contributed by atoms with E-state index in [0.29, 0.717) is 11.6 Å². The standard InChI is InChI=1S/C21H19F4N5O4S/c22-14-3-6-16(17(23)7-14)20(31,11-30-12-27-28-29-30)21(24,25)19-8-18(9-19,10-19)13-1-4-15(5-2-13)34-35(26,32)33/h1-7,12,31H,8-11H2,(H2,26,32,33)/t18?,19?,20-/m1/s1. The molecule has 35 heavy (non-hydrogen) atoms. The average Bonchev–Trinajstić information content (AvgIpc) is 3.18. The summed E-state index contributed by atoms with van der Waals surface area (Å²) in [4.78, 5) is 0. The quantitative estimate of drug-likeness (QED) is 0.441. The van der Waals surface area contributed by atoms with Gasteiger partial charge in [-0.1, -0.05) is 12.1 Å². The second-order valence-corrected chi connectivity index (χ2v) is 10.4. The van der Waals surface area contributed by atoms with Gasteiger partial charge in [-0.3, -0.25) is 0 Å². The summed E-state index contributed by atoms with van der Waals surface area (Å²) in [6.07, 6.45) is 0.979. The maximum absolute atomic E-state index is 16.1. The van der Waals surface area contributed by atoms with Crippen LogP contribution in [0.25, 0.3) is 0 Å². The maximum atomic E-state index is 16.1. The monoisotopic (exact) mass is 513 g/mol. The van der Waals surface area contributed by atoms with E-state index in [1.54, 1.807) is 12.1 Å². The molecular formula is C21H19F4N5O4S. The highest BCUT2D eigenvalue weighted by Crippen LogP contribution is 2.80. The fourth-order valence-electron chi connectivity index (χ4n) is 5.53. The van der Waals surface area contributed by atoms with E-state index >= 15 is 8.78 Å². The highest BCUT2D eigenvalue weighted by Gasteiger charge is 2.82. The maximum Gasteiger partial charge on any atom is 0.380 e. The molecule has 3 saturated carbocycles. The average molecular weight is 513 g/mol. The molecule has 3 aliphatic carbocycles. The fraction of sp³-hybridized carbons (Fsp3) is 0.381. The molecule has 0 spiro atoms. The van der Waals surface area contributed by atoms with E-state index in [0.717, 1.165) is 23.1 Å². The van der Waals surface area contributed by atoms with E-state index in [4.69, 9.17) is 5.14 Å². The molecule has 9 nitrogen and oxygen atoms in total. The van der Waals surface area contributed by atoms with Crippen molar-refractivity contribution in [3.05, 3.63) is 71.6 Å². The molecule has 0 unspecified atom stereocenters. The van der Waals surface area contributed by atoms with Crippen LogP contribution in [0.1, 0.15) is 30.4 Å². The highest BCUT2D eigenvalue weighted by molar-refractivity contribution is 7.84. The minimum absolute atomic E-state index is 0.0108. The first-order valence-electron chi connectivity index (χ1n) is 10.4. The van der Waals surface area contributed by atoms with Crippen LogP contribution in [-0.4, -0.2) is 39.7 Å². The van der Waals surface area contributed by atoms with Crippen molar-refractivity contribution >= 4 is 10.3 Å². The smallest absolute Gasteiger partial charge is 0.377 e. The van der Waals surface area contributed by atoms with E-state index < -0.39 is 56.4 Å². The summed E-state index contributed by atoms with van der Waals surface area (Å²) in [5.74, 6) is -6.15. The van der Waals surface area contributed by atoms with E-state index in [-0.39, 0.29) is 25.0 Å². The fourth-order valence-corrected chi connectivity index (χ4v) is 5.91. The zero-order chi connectivity index (χ0) is 25.3. The first-order chi connectivity index (χ1) is 16.3. The Kier molecular flexibility index (Phi) is 5.03. The number of alkyl halides is 2. The summed E-state index contributed by atoms with van der Waals surface area (Å²) < 4.78 is 88.0. The van der Waals surface area contributed by atoms with Crippen LogP contribution in [0.4, 0.5) is 17.6 Å². The number of rotatable bonds is 8. The second-order valence-electron chi connectivity index (χ2n) is 9.26. The number of hydrogen-bond acceptors (Lipinski definition) is 7. The number of hydrogen-bond donors (Lipinski definition) is 2. The third-order valence-electron chi connectivity index (χ3n) is 7.05. The number of aliphatic hydroxyl groups is 1. The number of benzene rings is 2. The van der Waals surface area contributed by atoms with Gasteiger partial charge in [0.25, 0.3) is 5.92 Å². The van der Waals surface area contributed by atoms with E-state index in [2.05, 4.69) is 19.7 Å². The van der Waals surface area contributed by atoms with Crippen molar-refractivity contribution < 1.29 is 35.3 Å². The van der Waals surface area contributed by atoms with Gasteiger partial charge < -0.3 is 9.29 Å². The number of nitrogens with two attached hydrogens (primary N) is 1. The van der Waals surface area contributed by atoms with Crippen LogP contribution < -0.4 is 9.32 Å². The third kappa shape index (κ3) is 3.58. The Labute approximate surface area is 196 Å². The van der Waals surface area contributed by atoms with Crippen molar-refractivity contribution in [3.63, 3.8) is 0 Å². The Balaban J connectivity index is 1.44. The van der Waals surface area contributed by atoms with Gasteiger partial charge in [0.15, 0.2) is 5.60 Å². The Hall–Kier alpha value is -3.10. The van der Waals surface area contributed by atoms with Crippen molar-refractivity contribution in [2.45, 2.75) is 42.7 Å². The molecule has 0 radical (unpaired) electrons. The topological polar surface area (TPSA) is 133 Å². The number of aromatic nitrogens is 4. The molecule has 1 heterocycles. The molecular weight excluding hydrogens is 494 g/mol. The molecule has 0 amide bonds. The Bertz CT molecular complexity index is 1370. The number of nitrogens with zero attached hydrogens (tertiary/aromatic N) is 4. The first kappa shape index (κ1) is 23.6. The lowest BCUT2D eigenvalue weighted by molar-refractivity contribution is -0.347. The summed E-state index contributed by atoms with van der Waals surface area (Å²) in [5.41, 5.74) is -5.40. The minimum Gasteiger partial charge on any atom is -0.377 e. The van der Waals surface area contributed by atoms with Gasteiger partial charge in [0.1, 0.15) is 23.7 Å². The normalized spacial score (nSPS) is 25.3. The van der Waals surface area contributed by atoms with Gasteiger partial charge in [0, 0.05) is 17.0 Å². The van der Waals surface area contributed by atoms with Crippen molar-refractivity contribution in [1.29, 1.82) is 0 Å². The predicted molar refractivity (Wildman–Crippen MR) is 111 cm³/mol. The van der Waals surface area contributed by atoms with Gasteiger partial charge in [-0.25, -0.2) is 22.2 Å². The molecule has 1 atom stereocenters. The molecule has 6 rings (SSSR count). The second kappa shape index (κ2) is 7.45. The van der Waals surface area contributed by atoms with Crippen LogP contribution >= 0.6 is 0 Å². The summed E-state index contributed by atoms with van der Waals surface area (Å²) in [6, 6.07) is 7.90. The Morgan fingerprint density at radius 1 is 1.11 bits per heavy atom. The van der Waals surface area contributed by atoms with Crippen LogP contribution in [0.2, 0.25) is 0 Å². The van der Waals surface area contributed by atoms with Gasteiger partial charge in [-0.05, 0) is 64.9 Å². The van der Waals surface area contributed by atoms with Crippen LogP contribution in [0, 0.1) is 17.0 Å². The molecule has 3 aliphatic rings. The van der Waals surface area contributed by atoms with Gasteiger partial charge in [-0.2, -0.15) is 13.6 Å². The van der Waals surface area contributed by atoms with Crippen LogP contribution in [0.15, 0.2) is 48.8 Å². The summed E-state index contributed by atoms with van der Waals surface area (Å²) in [6.45, 7) is -0.857. The molecule has 14 heteroatoms. The molecule has 0 aliphatic heterocycles. The lowest BCUT2D eigenvalue weighted by atomic mass is 9.30. The van der Waals surface area contributed by atoms with Gasteiger partial charge >= 0.3 is 10.3 Å². The van der Waals surface area contributed by atoms with Crippen molar-refractivity contribution in [2.24, 2.45) is 10.6 Å². The van der Waals surface area contributed by atoms with Crippen LogP contribution in [0.3, 0.4) is 0 Å². The Morgan fingerprint density at radius 2 is 1.77 bits per heavy atom. The van der Waals surface area contributed by atoms with Crippen LogP contribution in [0.5, 0.6) is 5.75 Å². The molecule has 186 valence electrons. The molecule has 3 fully saturated rings. The molecule has 2 aromatic carbocycles. The van der Waals surface area contributed by atoms with E-state index in [1.807, 2.05) is 0 Å². The molecule has 1 aromatic heterocycles. The SMILES string of the molecule is NS(=O)(=O)Oc1ccc(C23CC(C(F)(F)[C@@](O)(Cn4cnnn4)c4ccc(F)cc4F)(C2)C3)cc1. The minimum atomic E-state index is -4.20. The van der Waals surface area contributed by atoms with Gasteiger partial charge in [0.2, 0.25) is 0 Å². The molecule has 3 aromatic rings. The summed E-state index contributed by atoms with van der Waals surface area (Å²) in [7, 11) is -4.20. The van der Waals surface area contributed by atoms with Gasteiger partial charge in [-0.15, -0.1) is 5.10 Å². The molecule has 3 N–H and O–H groups in total. The highest BCUT2D eigenvalue weighted by atomic mass is 32.2. The number of halogens is 4. The predicted octanol–water partition coefficient (Wildman–Crippen LogP) is 2.18. The third-order valence-corrected chi connectivity index (χ3v) is 7.48.